The number of rotatable bonds is 7. The zero-order valence-corrected chi connectivity index (χ0v) is 10.1. The summed E-state index contributed by atoms with van der Waals surface area (Å²) >= 11 is 1.95. The highest BCUT2D eigenvalue weighted by Crippen LogP contribution is 2.13. The first-order valence-corrected chi connectivity index (χ1v) is 6.52. The van der Waals surface area contributed by atoms with Crippen LogP contribution in [0.25, 0.3) is 0 Å². The second-order valence-corrected chi connectivity index (χ2v) is 4.64. The van der Waals surface area contributed by atoms with E-state index >= 15 is 0 Å². The monoisotopic (exact) mass is 225 g/mol. The van der Waals surface area contributed by atoms with Crippen molar-refractivity contribution >= 4 is 11.8 Å². The molecule has 0 heterocycles. The van der Waals surface area contributed by atoms with Gasteiger partial charge in [0.1, 0.15) is 5.75 Å². The number of thioether (sulfide) groups is 1. The van der Waals surface area contributed by atoms with Gasteiger partial charge in [0, 0.05) is 6.54 Å². The molecular formula is C12H19NOS. The van der Waals surface area contributed by atoms with Crippen LogP contribution in [0, 0.1) is 0 Å². The molecule has 0 saturated heterocycles. The van der Waals surface area contributed by atoms with Crippen molar-refractivity contribution in [2.24, 2.45) is 5.73 Å². The van der Waals surface area contributed by atoms with Crippen molar-refractivity contribution < 1.29 is 4.74 Å². The van der Waals surface area contributed by atoms with Crippen molar-refractivity contribution in [1.29, 1.82) is 0 Å². The zero-order valence-electron chi connectivity index (χ0n) is 9.24. The van der Waals surface area contributed by atoms with E-state index in [4.69, 9.17) is 10.5 Å². The molecule has 0 bridgehead atoms. The van der Waals surface area contributed by atoms with Crippen LogP contribution < -0.4 is 10.5 Å². The second-order valence-electron chi connectivity index (χ2n) is 3.25. The van der Waals surface area contributed by atoms with Crippen LogP contribution >= 0.6 is 11.8 Å². The van der Waals surface area contributed by atoms with E-state index < -0.39 is 0 Å². The van der Waals surface area contributed by atoms with Gasteiger partial charge in [0.15, 0.2) is 0 Å². The predicted octanol–water partition coefficient (Wildman–Crippen LogP) is 2.67. The van der Waals surface area contributed by atoms with Gasteiger partial charge in [-0.05, 0) is 35.6 Å². The molecular weight excluding hydrogens is 206 g/mol. The molecule has 1 rings (SSSR count). The average molecular weight is 225 g/mol. The minimum Gasteiger partial charge on any atom is -0.494 e. The molecule has 0 aliphatic heterocycles. The molecule has 0 aliphatic rings. The van der Waals surface area contributed by atoms with Gasteiger partial charge in [-0.25, -0.2) is 0 Å². The summed E-state index contributed by atoms with van der Waals surface area (Å²) in [6, 6.07) is 7.98. The van der Waals surface area contributed by atoms with Crippen LogP contribution in [0.15, 0.2) is 24.3 Å². The van der Waals surface area contributed by atoms with Gasteiger partial charge in [0.25, 0.3) is 0 Å². The molecule has 0 spiro atoms. The minimum absolute atomic E-state index is 0.572. The molecule has 0 amide bonds. The Morgan fingerprint density at radius 1 is 1.40 bits per heavy atom. The fourth-order valence-electron chi connectivity index (χ4n) is 1.26. The summed E-state index contributed by atoms with van der Waals surface area (Å²) in [6.07, 6.45) is 1.10. The molecule has 0 atom stereocenters. The van der Waals surface area contributed by atoms with Crippen LogP contribution in [0.3, 0.4) is 0 Å². The number of benzene rings is 1. The van der Waals surface area contributed by atoms with Crippen molar-refractivity contribution in [3.8, 4) is 5.75 Å². The number of hydrogen-bond donors (Lipinski definition) is 1. The molecule has 1 aromatic rings. The van der Waals surface area contributed by atoms with Gasteiger partial charge in [-0.15, -0.1) is 0 Å². The molecule has 1 aromatic carbocycles. The van der Waals surface area contributed by atoms with Gasteiger partial charge in [-0.3, -0.25) is 0 Å². The Hall–Kier alpha value is -0.670. The molecule has 0 fully saturated rings. The first-order valence-electron chi connectivity index (χ1n) is 5.36. The summed E-state index contributed by atoms with van der Waals surface area (Å²) < 4.78 is 5.63. The molecule has 0 radical (unpaired) electrons. The average Bonchev–Trinajstić information content (AvgIpc) is 2.29. The second kappa shape index (κ2) is 7.60. The smallest absolute Gasteiger partial charge is 0.119 e. The van der Waals surface area contributed by atoms with E-state index in [1.54, 1.807) is 0 Å². The maximum absolute atomic E-state index is 5.63. The maximum Gasteiger partial charge on any atom is 0.119 e. The molecule has 3 heteroatoms. The van der Waals surface area contributed by atoms with E-state index in [-0.39, 0.29) is 0 Å². The normalized spacial score (nSPS) is 10.3. The summed E-state index contributed by atoms with van der Waals surface area (Å²) in [5.41, 5.74) is 6.67. The SMILES string of the molecule is CCSCCCOc1cccc(CN)c1. The Bertz CT molecular complexity index is 278. The van der Waals surface area contributed by atoms with Crippen molar-refractivity contribution in [1.82, 2.24) is 0 Å². The summed E-state index contributed by atoms with van der Waals surface area (Å²) in [5.74, 6) is 3.29. The lowest BCUT2D eigenvalue weighted by Gasteiger charge is -2.06. The molecule has 0 saturated carbocycles. The fourth-order valence-corrected chi connectivity index (χ4v) is 1.87. The molecule has 2 N–H and O–H groups in total. The van der Waals surface area contributed by atoms with Crippen molar-refractivity contribution in [2.45, 2.75) is 19.9 Å². The van der Waals surface area contributed by atoms with Crippen LogP contribution in [0.4, 0.5) is 0 Å². The number of hydrogen-bond acceptors (Lipinski definition) is 3. The molecule has 0 aliphatic carbocycles. The van der Waals surface area contributed by atoms with E-state index in [1.807, 2.05) is 36.0 Å². The van der Waals surface area contributed by atoms with Crippen molar-refractivity contribution in [2.75, 3.05) is 18.1 Å². The van der Waals surface area contributed by atoms with Gasteiger partial charge in [0.05, 0.1) is 6.61 Å². The lowest BCUT2D eigenvalue weighted by molar-refractivity contribution is 0.318. The third kappa shape index (κ3) is 5.09. The van der Waals surface area contributed by atoms with E-state index in [9.17, 15) is 0 Å². The highest BCUT2D eigenvalue weighted by molar-refractivity contribution is 7.99. The Labute approximate surface area is 96.2 Å². The van der Waals surface area contributed by atoms with Crippen LogP contribution in [0.2, 0.25) is 0 Å². The zero-order chi connectivity index (χ0) is 10.9. The minimum atomic E-state index is 0.572. The lowest BCUT2D eigenvalue weighted by Crippen LogP contribution is -2.00. The molecule has 0 aromatic heterocycles. The molecule has 0 unspecified atom stereocenters. The third-order valence-electron chi connectivity index (χ3n) is 2.04. The van der Waals surface area contributed by atoms with Crippen LogP contribution in [-0.2, 0) is 6.54 Å². The Morgan fingerprint density at radius 3 is 3.00 bits per heavy atom. The maximum atomic E-state index is 5.63. The van der Waals surface area contributed by atoms with E-state index in [0.29, 0.717) is 6.54 Å². The van der Waals surface area contributed by atoms with Gasteiger partial charge >= 0.3 is 0 Å². The molecule has 2 nitrogen and oxygen atoms in total. The first kappa shape index (κ1) is 12.4. The fraction of sp³-hybridized carbons (Fsp3) is 0.500. The molecule has 15 heavy (non-hydrogen) atoms. The summed E-state index contributed by atoms with van der Waals surface area (Å²) in [7, 11) is 0. The number of nitrogens with two attached hydrogens (primary N) is 1. The van der Waals surface area contributed by atoms with Crippen LogP contribution in [0.1, 0.15) is 18.9 Å². The number of ether oxygens (including phenoxy) is 1. The van der Waals surface area contributed by atoms with Crippen LogP contribution in [-0.4, -0.2) is 18.1 Å². The Morgan fingerprint density at radius 2 is 2.27 bits per heavy atom. The highest BCUT2D eigenvalue weighted by Gasteiger charge is 1.95. The van der Waals surface area contributed by atoms with Crippen LogP contribution in [0.5, 0.6) is 5.75 Å². The van der Waals surface area contributed by atoms with E-state index in [0.717, 1.165) is 24.3 Å². The van der Waals surface area contributed by atoms with Gasteiger partial charge < -0.3 is 10.5 Å². The third-order valence-corrected chi connectivity index (χ3v) is 3.03. The van der Waals surface area contributed by atoms with Crippen molar-refractivity contribution in [3.05, 3.63) is 29.8 Å². The summed E-state index contributed by atoms with van der Waals surface area (Å²) in [6.45, 7) is 3.54. The molecule has 84 valence electrons. The Kier molecular flexibility index (Phi) is 6.28. The van der Waals surface area contributed by atoms with Crippen molar-refractivity contribution in [3.63, 3.8) is 0 Å². The standard InChI is InChI=1S/C12H19NOS/c1-2-15-8-4-7-14-12-6-3-5-11(9-12)10-13/h3,5-6,9H,2,4,7-8,10,13H2,1H3. The highest BCUT2D eigenvalue weighted by atomic mass is 32.2. The first-order chi connectivity index (χ1) is 7.36. The lowest BCUT2D eigenvalue weighted by atomic mass is 10.2. The quantitative estimate of drug-likeness (QED) is 0.725. The largest absolute Gasteiger partial charge is 0.494 e. The van der Waals surface area contributed by atoms with Gasteiger partial charge in [-0.1, -0.05) is 19.1 Å². The Balaban J connectivity index is 2.24. The van der Waals surface area contributed by atoms with Gasteiger partial charge in [0.2, 0.25) is 0 Å². The van der Waals surface area contributed by atoms with E-state index in [1.165, 1.54) is 11.5 Å². The summed E-state index contributed by atoms with van der Waals surface area (Å²) in [4.78, 5) is 0. The predicted molar refractivity (Wildman–Crippen MR) is 67.4 cm³/mol. The van der Waals surface area contributed by atoms with Gasteiger partial charge in [-0.2, -0.15) is 11.8 Å². The van der Waals surface area contributed by atoms with E-state index in [2.05, 4.69) is 6.92 Å². The summed E-state index contributed by atoms with van der Waals surface area (Å²) in [5, 5.41) is 0. The topological polar surface area (TPSA) is 35.2 Å².